The van der Waals surface area contributed by atoms with Crippen LogP contribution < -0.4 is 9.80 Å². The molecule has 10 nitrogen and oxygen atoms in total. The second-order valence-corrected chi connectivity index (χ2v) is 9.15. The molecular weight excluding hydrogens is 424 g/mol. The largest absolute Gasteiger partial charge is 0.372 e. The number of ether oxygens (including phenoxy) is 1. The molecule has 3 aliphatic heterocycles. The topological polar surface area (TPSA) is 105 Å². The molecule has 4 unspecified atom stereocenters. The summed E-state index contributed by atoms with van der Waals surface area (Å²) in [5.74, 6) is 0.577. The fourth-order valence-corrected chi connectivity index (χ4v) is 5.46. The van der Waals surface area contributed by atoms with Gasteiger partial charge in [-0.15, -0.1) is 0 Å². The van der Waals surface area contributed by atoms with Crippen LogP contribution >= 0.6 is 0 Å². The van der Waals surface area contributed by atoms with Gasteiger partial charge in [0, 0.05) is 62.9 Å². The highest BCUT2D eigenvalue weighted by molar-refractivity contribution is 5.83. The number of nitro benzene ring substituents is 1. The Hall–Kier alpha value is -3.27. The van der Waals surface area contributed by atoms with Gasteiger partial charge in [-0.05, 0) is 31.9 Å². The number of nitro groups is 1. The molecular formula is C23H28N6O4. The summed E-state index contributed by atoms with van der Waals surface area (Å²) in [6, 6.07) is 4.96. The number of piperazine rings is 1. The van der Waals surface area contributed by atoms with Crippen LogP contribution in [0.3, 0.4) is 0 Å². The number of amides is 1. The van der Waals surface area contributed by atoms with Gasteiger partial charge in [-0.1, -0.05) is 0 Å². The summed E-state index contributed by atoms with van der Waals surface area (Å²) in [6.07, 6.45) is 5.51. The number of rotatable bonds is 3. The van der Waals surface area contributed by atoms with Crippen molar-refractivity contribution in [2.45, 2.75) is 38.5 Å². The third kappa shape index (κ3) is 4.10. The van der Waals surface area contributed by atoms with E-state index in [0.717, 1.165) is 23.6 Å². The van der Waals surface area contributed by atoms with Gasteiger partial charge in [-0.25, -0.2) is 4.98 Å². The van der Waals surface area contributed by atoms with Crippen molar-refractivity contribution in [3.63, 3.8) is 0 Å². The Kier molecular flexibility index (Phi) is 5.61. The molecule has 2 fully saturated rings. The molecule has 0 radical (unpaired) electrons. The van der Waals surface area contributed by atoms with E-state index in [1.54, 1.807) is 30.7 Å². The maximum Gasteiger partial charge on any atom is 0.269 e. The molecule has 1 amide bonds. The predicted molar refractivity (Wildman–Crippen MR) is 122 cm³/mol. The molecule has 0 aliphatic carbocycles. The Morgan fingerprint density at radius 3 is 2.64 bits per heavy atom. The highest BCUT2D eigenvalue weighted by Crippen LogP contribution is 2.39. The van der Waals surface area contributed by atoms with Crippen molar-refractivity contribution in [2.75, 3.05) is 42.5 Å². The zero-order chi connectivity index (χ0) is 23.1. The first kappa shape index (κ1) is 21.6. The molecule has 4 heterocycles. The molecule has 0 N–H and O–H groups in total. The monoisotopic (exact) mass is 452 g/mol. The predicted octanol–water partition coefficient (Wildman–Crippen LogP) is 1.89. The van der Waals surface area contributed by atoms with Crippen LogP contribution in [0, 0.1) is 16.0 Å². The second kappa shape index (κ2) is 8.58. The molecule has 2 saturated heterocycles. The third-order valence-electron chi connectivity index (χ3n) is 6.83. The Morgan fingerprint density at radius 1 is 1.15 bits per heavy atom. The molecule has 174 valence electrons. The smallest absolute Gasteiger partial charge is 0.269 e. The number of non-ortho nitro benzene ring substituents is 1. The van der Waals surface area contributed by atoms with E-state index >= 15 is 0 Å². The molecule has 4 atom stereocenters. The average Bonchev–Trinajstić information content (AvgIpc) is 2.82. The quantitative estimate of drug-likeness (QED) is 0.514. The SMILES string of the molecule is CC1CN(C(=O)C2Cc3cc([N+](=O)[O-])ccc3N3CCN(c4cnccn4)CC23)CC(C)O1. The molecule has 33 heavy (non-hydrogen) atoms. The van der Waals surface area contributed by atoms with Gasteiger partial charge in [0.15, 0.2) is 0 Å². The maximum atomic E-state index is 13.8. The van der Waals surface area contributed by atoms with E-state index < -0.39 is 0 Å². The number of nitrogens with zero attached hydrogens (tertiary/aromatic N) is 6. The van der Waals surface area contributed by atoms with Crippen LogP contribution in [0.5, 0.6) is 0 Å². The molecule has 1 aromatic heterocycles. The normalized spacial score (nSPS) is 27.0. The minimum absolute atomic E-state index is 0.0202. The van der Waals surface area contributed by atoms with Crippen molar-refractivity contribution in [3.05, 3.63) is 52.5 Å². The molecule has 0 bridgehead atoms. The Morgan fingerprint density at radius 2 is 1.94 bits per heavy atom. The van der Waals surface area contributed by atoms with Gasteiger partial charge in [0.2, 0.25) is 5.91 Å². The van der Waals surface area contributed by atoms with Crippen LogP contribution in [-0.4, -0.2) is 76.7 Å². The second-order valence-electron chi connectivity index (χ2n) is 9.15. The van der Waals surface area contributed by atoms with Gasteiger partial charge in [0.25, 0.3) is 5.69 Å². The number of anilines is 2. The minimum atomic E-state index is -0.374. The first-order chi connectivity index (χ1) is 15.9. The summed E-state index contributed by atoms with van der Waals surface area (Å²) in [7, 11) is 0. The lowest BCUT2D eigenvalue weighted by Crippen LogP contribution is -2.62. The zero-order valence-corrected chi connectivity index (χ0v) is 18.8. The van der Waals surface area contributed by atoms with Crippen molar-refractivity contribution < 1.29 is 14.5 Å². The summed E-state index contributed by atoms with van der Waals surface area (Å²) >= 11 is 0. The number of carbonyl (C=O) groups is 1. The van der Waals surface area contributed by atoms with Crippen LogP contribution in [0.2, 0.25) is 0 Å². The van der Waals surface area contributed by atoms with Crippen LogP contribution in [0.4, 0.5) is 17.2 Å². The van der Waals surface area contributed by atoms with Gasteiger partial charge in [-0.2, -0.15) is 0 Å². The minimum Gasteiger partial charge on any atom is -0.372 e. The average molecular weight is 453 g/mol. The van der Waals surface area contributed by atoms with Crippen LogP contribution in [0.25, 0.3) is 0 Å². The summed E-state index contributed by atoms with van der Waals surface area (Å²) in [5, 5.41) is 11.4. The van der Waals surface area contributed by atoms with Gasteiger partial charge < -0.3 is 19.4 Å². The number of fused-ring (bicyclic) bond motifs is 3. The van der Waals surface area contributed by atoms with E-state index in [0.29, 0.717) is 32.6 Å². The lowest BCUT2D eigenvalue weighted by molar-refractivity contribution is -0.384. The number of hydrogen-bond donors (Lipinski definition) is 0. The Balaban J connectivity index is 1.49. The molecule has 1 aromatic carbocycles. The van der Waals surface area contributed by atoms with Crippen LogP contribution in [0.1, 0.15) is 19.4 Å². The Labute approximate surface area is 192 Å². The van der Waals surface area contributed by atoms with Crippen molar-refractivity contribution in [1.29, 1.82) is 0 Å². The molecule has 10 heteroatoms. The number of hydrogen-bond acceptors (Lipinski definition) is 8. The Bertz CT molecular complexity index is 1040. The molecule has 0 saturated carbocycles. The van der Waals surface area contributed by atoms with E-state index in [4.69, 9.17) is 4.74 Å². The summed E-state index contributed by atoms with van der Waals surface area (Å²) in [6.45, 7) is 7.16. The van der Waals surface area contributed by atoms with E-state index in [-0.39, 0.29) is 40.7 Å². The van der Waals surface area contributed by atoms with E-state index in [9.17, 15) is 14.9 Å². The van der Waals surface area contributed by atoms with Crippen LogP contribution in [-0.2, 0) is 16.0 Å². The van der Waals surface area contributed by atoms with E-state index in [1.807, 2.05) is 24.8 Å². The number of carbonyl (C=O) groups excluding carboxylic acids is 1. The van der Waals surface area contributed by atoms with Gasteiger partial charge in [-0.3, -0.25) is 19.9 Å². The highest BCUT2D eigenvalue weighted by Gasteiger charge is 2.44. The maximum absolute atomic E-state index is 13.8. The molecule has 3 aliphatic rings. The summed E-state index contributed by atoms with van der Waals surface area (Å²) in [5.41, 5.74) is 1.91. The molecule has 5 rings (SSSR count). The van der Waals surface area contributed by atoms with E-state index in [1.165, 1.54) is 0 Å². The first-order valence-corrected chi connectivity index (χ1v) is 11.4. The fraction of sp³-hybridized carbons (Fsp3) is 0.522. The summed E-state index contributed by atoms with van der Waals surface area (Å²) in [4.78, 5) is 39.8. The number of morpholine rings is 1. The lowest BCUT2D eigenvalue weighted by Gasteiger charge is -2.50. The van der Waals surface area contributed by atoms with Gasteiger partial charge in [0.05, 0.1) is 35.3 Å². The van der Waals surface area contributed by atoms with E-state index in [2.05, 4.69) is 19.8 Å². The lowest BCUT2D eigenvalue weighted by atomic mass is 9.82. The summed E-state index contributed by atoms with van der Waals surface area (Å²) < 4.78 is 5.83. The van der Waals surface area contributed by atoms with Crippen molar-refractivity contribution in [1.82, 2.24) is 14.9 Å². The van der Waals surface area contributed by atoms with Gasteiger partial charge >= 0.3 is 0 Å². The first-order valence-electron chi connectivity index (χ1n) is 11.4. The fourth-order valence-electron chi connectivity index (χ4n) is 5.46. The number of aromatic nitrogens is 2. The van der Waals surface area contributed by atoms with Gasteiger partial charge in [0.1, 0.15) is 5.82 Å². The highest BCUT2D eigenvalue weighted by atomic mass is 16.6. The number of benzene rings is 1. The molecule has 2 aromatic rings. The van der Waals surface area contributed by atoms with Crippen LogP contribution in [0.15, 0.2) is 36.8 Å². The van der Waals surface area contributed by atoms with Crippen molar-refractivity contribution in [2.24, 2.45) is 5.92 Å². The van der Waals surface area contributed by atoms with Crippen molar-refractivity contribution in [3.8, 4) is 0 Å². The zero-order valence-electron chi connectivity index (χ0n) is 18.8. The molecule has 0 spiro atoms. The standard InChI is InChI=1S/C23H28N6O4/c1-15-12-27(13-16(2)33-15)23(30)19-10-17-9-18(29(31)32)3-4-20(17)28-8-7-26(14-21(19)28)22-11-24-5-6-25-22/h3-6,9,11,15-16,19,21H,7-8,10,12-14H2,1-2H3. The third-order valence-corrected chi connectivity index (χ3v) is 6.83. The van der Waals surface area contributed by atoms with Crippen molar-refractivity contribution >= 4 is 23.1 Å².